The first kappa shape index (κ1) is 13.9. The molecule has 2 heterocycles. The van der Waals surface area contributed by atoms with Crippen LogP contribution in [0.15, 0.2) is 53.9 Å². The molecule has 0 aliphatic heterocycles. The molecule has 0 unspecified atom stereocenters. The molecule has 0 saturated heterocycles. The van der Waals surface area contributed by atoms with E-state index in [1.807, 2.05) is 35.6 Å². The van der Waals surface area contributed by atoms with Crippen molar-refractivity contribution in [2.45, 2.75) is 6.92 Å². The number of hydrogen-bond donors (Lipinski definition) is 0. The fraction of sp³-hybridized carbons (Fsp3) is 0.0556. The van der Waals surface area contributed by atoms with Crippen molar-refractivity contribution in [1.82, 2.24) is 4.98 Å². The van der Waals surface area contributed by atoms with Crippen LogP contribution in [0.1, 0.15) is 5.56 Å². The third-order valence-electron chi connectivity index (χ3n) is 3.67. The highest BCUT2D eigenvalue weighted by Crippen LogP contribution is 2.39. The van der Waals surface area contributed by atoms with E-state index in [0.29, 0.717) is 0 Å². The van der Waals surface area contributed by atoms with Crippen molar-refractivity contribution in [2.75, 3.05) is 0 Å². The number of hydrogen-bond acceptors (Lipinski definition) is 3. The molecule has 2 aromatic heterocycles. The minimum absolute atomic E-state index is 0.751. The highest BCUT2D eigenvalue weighted by molar-refractivity contribution is 7.22. The van der Waals surface area contributed by atoms with E-state index in [-0.39, 0.29) is 0 Å². The van der Waals surface area contributed by atoms with Gasteiger partial charge in [-0.2, -0.15) is 0 Å². The monoisotopic (exact) mass is 341 g/mol. The predicted octanol–water partition coefficient (Wildman–Crippen LogP) is 6.65. The van der Waals surface area contributed by atoms with Crippen molar-refractivity contribution in [2.24, 2.45) is 0 Å². The molecule has 0 bridgehead atoms. The Hall–Kier alpha value is -1.68. The first-order valence-corrected chi connectivity index (χ1v) is 9.00. The molecule has 4 rings (SSSR count). The zero-order valence-corrected chi connectivity index (χ0v) is 14.2. The second-order valence-electron chi connectivity index (χ2n) is 5.10. The predicted molar refractivity (Wildman–Crippen MR) is 98.1 cm³/mol. The number of nitrogens with zero attached hydrogens (tertiary/aromatic N) is 1. The number of halogens is 1. The molecule has 0 atom stereocenters. The molecule has 108 valence electrons. The van der Waals surface area contributed by atoms with Crippen LogP contribution in [0, 0.1) is 6.92 Å². The van der Waals surface area contributed by atoms with Crippen LogP contribution in [0.25, 0.3) is 31.2 Å². The van der Waals surface area contributed by atoms with Crippen LogP contribution in [0.5, 0.6) is 0 Å². The van der Waals surface area contributed by atoms with E-state index >= 15 is 0 Å². The first-order valence-electron chi connectivity index (χ1n) is 6.92. The van der Waals surface area contributed by atoms with Crippen molar-refractivity contribution in [3.8, 4) is 21.1 Å². The summed E-state index contributed by atoms with van der Waals surface area (Å²) in [5.74, 6) is 0. The normalized spacial score (nSPS) is 11.2. The van der Waals surface area contributed by atoms with Gasteiger partial charge in [0.15, 0.2) is 0 Å². The molecule has 0 N–H and O–H groups in total. The molecule has 0 fully saturated rings. The van der Waals surface area contributed by atoms with E-state index in [1.165, 1.54) is 20.5 Å². The van der Waals surface area contributed by atoms with Gasteiger partial charge in [0.2, 0.25) is 0 Å². The van der Waals surface area contributed by atoms with Crippen molar-refractivity contribution < 1.29 is 0 Å². The summed E-state index contributed by atoms with van der Waals surface area (Å²) in [7, 11) is 0. The Balaban J connectivity index is 1.80. The van der Waals surface area contributed by atoms with Gasteiger partial charge in [-0.15, -0.1) is 22.7 Å². The average Bonchev–Trinajstić information content (AvgIpc) is 3.14. The topological polar surface area (TPSA) is 12.9 Å². The molecule has 22 heavy (non-hydrogen) atoms. The van der Waals surface area contributed by atoms with Crippen molar-refractivity contribution >= 4 is 44.4 Å². The maximum Gasteiger partial charge on any atom is 0.124 e. The van der Waals surface area contributed by atoms with Gasteiger partial charge in [-0.25, -0.2) is 4.98 Å². The third-order valence-corrected chi connectivity index (χ3v) is 6.11. The Labute approximate surface area is 141 Å². The van der Waals surface area contributed by atoms with Gasteiger partial charge in [0.25, 0.3) is 0 Å². The van der Waals surface area contributed by atoms with Crippen LogP contribution in [-0.4, -0.2) is 4.98 Å². The second-order valence-corrected chi connectivity index (χ2v) is 7.44. The van der Waals surface area contributed by atoms with E-state index in [4.69, 9.17) is 16.6 Å². The summed E-state index contributed by atoms with van der Waals surface area (Å²) in [5, 5.41) is 5.25. The smallest absolute Gasteiger partial charge is 0.124 e. The third kappa shape index (κ3) is 2.35. The molecule has 1 nitrogen and oxygen atoms in total. The van der Waals surface area contributed by atoms with Crippen molar-refractivity contribution in [3.05, 3.63) is 64.5 Å². The largest absolute Gasteiger partial charge is 0.235 e. The zero-order valence-electron chi connectivity index (χ0n) is 11.8. The number of rotatable bonds is 2. The van der Waals surface area contributed by atoms with E-state index in [1.54, 1.807) is 11.3 Å². The minimum Gasteiger partial charge on any atom is -0.235 e. The van der Waals surface area contributed by atoms with Gasteiger partial charge in [-0.3, -0.25) is 0 Å². The number of aryl methyl sites for hydroxylation is 1. The lowest BCUT2D eigenvalue weighted by molar-refractivity contribution is 1.40. The lowest BCUT2D eigenvalue weighted by Gasteiger charge is -1.96. The summed E-state index contributed by atoms with van der Waals surface area (Å²) in [4.78, 5) is 6.08. The Kier molecular flexibility index (Phi) is 3.49. The fourth-order valence-electron chi connectivity index (χ4n) is 2.52. The summed E-state index contributed by atoms with van der Waals surface area (Å²) in [6.07, 6.45) is 0. The summed E-state index contributed by atoms with van der Waals surface area (Å²) in [5.41, 5.74) is 3.49. The van der Waals surface area contributed by atoms with Gasteiger partial charge in [0.05, 0.1) is 10.6 Å². The summed E-state index contributed by atoms with van der Waals surface area (Å²) < 4.78 is 1.32. The Morgan fingerprint density at radius 1 is 1.00 bits per heavy atom. The first-order chi connectivity index (χ1) is 10.7. The van der Waals surface area contributed by atoms with E-state index in [0.717, 1.165) is 21.3 Å². The molecule has 0 spiro atoms. The van der Waals surface area contributed by atoms with Crippen LogP contribution >= 0.6 is 34.3 Å². The number of aromatic nitrogens is 1. The Bertz CT molecular complexity index is 951. The molecular formula is C18H12ClNS2. The Morgan fingerprint density at radius 2 is 1.77 bits per heavy atom. The number of thiazole rings is 1. The highest BCUT2D eigenvalue weighted by Gasteiger charge is 2.13. The maximum absolute atomic E-state index is 5.95. The van der Waals surface area contributed by atoms with Gasteiger partial charge >= 0.3 is 0 Å². The quantitative estimate of drug-likeness (QED) is 0.397. The maximum atomic E-state index is 5.95. The van der Waals surface area contributed by atoms with Gasteiger partial charge in [0.1, 0.15) is 5.01 Å². The summed E-state index contributed by atoms with van der Waals surface area (Å²) >= 11 is 9.44. The van der Waals surface area contributed by atoms with Crippen molar-refractivity contribution in [3.63, 3.8) is 0 Å². The number of thiophene rings is 1. The minimum atomic E-state index is 0.751. The molecule has 4 heteroatoms. The second kappa shape index (κ2) is 5.51. The van der Waals surface area contributed by atoms with Gasteiger partial charge in [-0.1, -0.05) is 41.9 Å². The molecule has 2 aromatic carbocycles. The van der Waals surface area contributed by atoms with Gasteiger partial charge in [0, 0.05) is 20.7 Å². The Morgan fingerprint density at radius 3 is 2.55 bits per heavy atom. The van der Waals surface area contributed by atoms with Crippen LogP contribution in [-0.2, 0) is 0 Å². The molecule has 0 aliphatic carbocycles. The van der Waals surface area contributed by atoms with E-state index in [9.17, 15) is 0 Å². The lowest BCUT2D eigenvalue weighted by Crippen LogP contribution is -1.79. The van der Waals surface area contributed by atoms with Crippen LogP contribution in [0.4, 0.5) is 0 Å². The number of benzene rings is 2. The zero-order chi connectivity index (χ0) is 15.1. The molecular weight excluding hydrogens is 330 g/mol. The van der Waals surface area contributed by atoms with Crippen LogP contribution in [0.2, 0.25) is 5.02 Å². The summed E-state index contributed by atoms with van der Waals surface area (Å²) in [6, 6.07) is 16.4. The molecule has 4 aromatic rings. The number of fused-ring (bicyclic) bond motifs is 1. The van der Waals surface area contributed by atoms with E-state index in [2.05, 4.69) is 36.6 Å². The van der Waals surface area contributed by atoms with Crippen molar-refractivity contribution in [1.29, 1.82) is 0 Å². The molecule has 0 saturated carbocycles. The molecule has 0 aliphatic rings. The fourth-order valence-corrected chi connectivity index (χ4v) is 4.71. The molecule has 0 radical (unpaired) electrons. The van der Waals surface area contributed by atoms with Gasteiger partial charge < -0.3 is 0 Å². The summed E-state index contributed by atoms with van der Waals surface area (Å²) in [6.45, 7) is 2.18. The van der Waals surface area contributed by atoms with Gasteiger partial charge in [-0.05, 0) is 36.1 Å². The van der Waals surface area contributed by atoms with E-state index < -0.39 is 0 Å². The average molecular weight is 342 g/mol. The van der Waals surface area contributed by atoms with Crippen LogP contribution in [0.3, 0.4) is 0 Å². The molecule has 0 amide bonds. The standard InChI is InChI=1S/C18H12ClNS2/c1-11-14-4-2-3-5-16(14)22-17(11)15-10-21-18(20-15)12-6-8-13(19)9-7-12/h2-10H,1H3. The lowest BCUT2D eigenvalue weighted by atomic mass is 10.1. The highest BCUT2D eigenvalue weighted by atomic mass is 35.5. The van der Waals surface area contributed by atoms with Crippen LogP contribution < -0.4 is 0 Å². The SMILES string of the molecule is Cc1c(-c2csc(-c3ccc(Cl)cc3)n2)sc2ccccc12.